The summed E-state index contributed by atoms with van der Waals surface area (Å²) in [6.45, 7) is 0. The molecule has 120 valence electrons. The normalized spacial score (nSPS) is 13.6. The first-order chi connectivity index (χ1) is 12.2. The van der Waals surface area contributed by atoms with Crippen molar-refractivity contribution in [3.05, 3.63) is 72.8 Å². The Morgan fingerprint density at radius 3 is 2.04 bits per heavy atom. The van der Waals surface area contributed by atoms with Crippen molar-refractivity contribution in [1.82, 2.24) is 0 Å². The highest BCUT2D eigenvalue weighted by molar-refractivity contribution is 8.14. The molecule has 0 aliphatic carbocycles. The zero-order valence-electron chi connectivity index (χ0n) is 13.7. The zero-order chi connectivity index (χ0) is 17.0. The third-order valence-corrected chi connectivity index (χ3v) is 5.89. The van der Waals surface area contributed by atoms with Crippen LogP contribution in [0.2, 0.25) is 0 Å². The molecule has 25 heavy (non-hydrogen) atoms. The molecule has 0 atom stereocenters. The molecule has 0 bridgehead atoms. The van der Waals surface area contributed by atoms with E-state index in [4.69, 9.17) is 0 Å². The summed E-state index contributed by atoms with van der Waals surface area (Å²) in [5.74, 6) is 0. The van der Waals surface area contributed by atoms with Crippen LogP contribution < -0.4 is 4.90 Å². The van der Waals surface area contributed by atoms with Gasteiger partial charge in [-0.2, -0.15) is 0 Å². The zero-order valence-corrected chi connectivity index (χ0v) is 14.5. The van der Waals surface area contributed by atoms with E-state index in [1.807, 2.05) is 7.05 Å². The van der Waals surface area contributed by atoms with Gasteiger partial charge in [-0.05, 0) is 45.4 Å². The Bertz CT molecular complexity index is 1170. The van der Waals surface area contributed by atoms with Gasteiger partial charge in [-0.25, -0.2) is 0 Å². The molecule has 1 aliphatic rings. The van der Waals surface area contributed by atoms with E-state index in [0.29, 0.717) is 0 Å². The Labute approximate surface area is 150 Å². The molecule has 1 amide bonds. The molecule has 3 heteroatoms. The van der Waals surface area contributed by atoms with E-state index in [1.54, 1.807) is 4.90 Å². The molecule has 0 fully saturated rings. The first-order valence-corrected chi connectivity index (χ1v) is 9.05. The minimum atomic E-state index is 0.0468. The van der Waals surface area contributed by atoms with Crippen LogP contribution in [0.5, 0.6) is 0 Å². The molecule has 0 N–H and O–H groups in total. The standard InChI is InChI=1S/C22H15NOS/c1-23-18-12-10-14-6-2-4-8-16(14)20(18)21-17-9-5-3-7-15(17)11-13-19(21)25-22(23)24/h2-13H,1H3. The van der Waals surface area contributed by atoms with Gasteiger partial charge in [-0.3, -0.25) is 4.79 Å². The van der Waals surface area contributed by atoms with Gasteiger partial charge in [0.15, 0.2) is 0 Å². The van der Waals surface area contributed by atoms with Crippen LogP contribution in [0.1, 0.15) is 0 Å². The van der Waals surface area contributed by atoms with E-state index >= 15 is 0 Å². The third kappa shape index (κ3) is 2.09. The number of hydrogen-bond donors (Lipinski definition) is 0. The molecule has 4 aromatic rings. The molecular weight excluding hydrogens is 326 g/mol. The van der Waals surface area contributed by atoms with E-state index < -0.39 is 0 Å². The molecule has 0 saturated carbocycles. The van der Waals surface area contributed by atoms with Crippen molar-refractivity contribution >= 4 is 44.2 Å². The quantitative estimate of drug-likeness (QED) is 0.373. The number of carbonyl (C=O) groups is 1. The number of nitrogens with zero attached hydrogens (tertiary/aromatic N) is 1. The van der Waals surface area contributed by atoms with Crippen LogP contribution in [-0.2, 0) is 0 Å². The number of carbonyl (C=O) groups excluding carboxylic acids is 1. The second-order valence-electron chi connectivity index (χ2n) is 6.27. The van der Waals surface area contributed by atoms with E-state index in [2.05, 4.69) is 72.8 Å². The first kappa shape index (κ1) is 14.6. The van der Waals surface area contributed by atoms with Gasteiger partial charge < -0.3 is 4.90 Å². The van der Waals surface area contributed by atoms with Crippen molar-refractivity contribution in [3.63, 3.8) is 0 Å². The minimum absolute atomic E-state index is 0.0468. The fourth-order valence-corrected chi connectivity index (χ4v) is 4.53. The van der Waals surface area contributed by atoms with Gasteiger partial charge in [0, 0.05) is 23.1 Å². The fraction of sp³-hybridized carbons (Fsp3) is 0.0455. The number of thioether (sulfide) groups is 1. The lowest BCUT2D eigenvalue weighted by Crippen LogP contribution is -2.20. The molecule has 0 radical (unpaired) electrons. The summed E-state index contributed by atoms with van der Waals surface area (Å²) in [5, 5.41) is 4.80. The van der Waals surface area contributed by atoms with Gasteiger partial charge in [0.2, 0.25) is 0 Å². The summed E-state index contributed by atoms with van der Waals surface area (Å²) in [5.41, 5.74) is 3.27. The molecule has 0 spiro atoms. The molecular formula is C22H15NOS. The van der Waals surface area contributed by atoms with Crippen LogP contribution in [-0.4, -0.2) is 12.3 Å². The maximum atomic E-state index is 12.7. The molecule has 0 aromatic heterocycles. The van der Waals surface area contributed by atoms with Crippen molar-refractivity contribution in [2.75, 3.05) is 11.9 Å². The maximum Gasteiger partial charge on any atom is 0.290 e. The Kier molecular flexibility index (Phi) is 3.12. The Hall–Kier alpha value is -2.78. The predicted octanol–water partition coefficient (Wildman–Crippen LogP) is 6.32. The molecule has 0 saturated heterocycles. The monoisotopic (exact) mass is 341 g/mol. The average molecular weight is 341 g/mol. The smallest absolute Gasteiger partial charge is 0.290 e. The number of fused-ring (bicyclic) bond motifs is 7. The second-order valence-corrected chi connectivity index (χ2v) is 7.26. The highest BCUT2D eigenvalue weighted by Crippen LogP contribution is 2.48. The topological polar surface area (TPSA) is 20.3 Å². The van der Waals surface area contributed by atoms with Crippen LogP contribution in [0.3, 0.4) is 0 Å². The van der Waals surface area contributed by atoms with E-state index in [-0.39, 0.29) is 5.24 Å². The van der Waals surface area contributed by atoms with Crippen molar-refractivity contribution in [1.29, 1.82) is 0 Å². The second kappa shape index (κ2) is 5.36. The van der Waals surface area contributed by atoms with E-state index in [0.717, 1.165) is 21.7 Å². The molecule has 4 aromatic carbocycles. The average Bonchev–Trinajstić information content (AvgIpc) is 2.77. The summed E-state index contributed by atoms with van der Waals surface area (Å²) < 4.78 is 0. The van der Waals surface area contributed by atoms with Crippen molar-refractivity contribution < 1.29 is 4.79 Å². The van der Waals surface area contributed by atoms with Gasteiger partial charge in [0.1, 0.15) is 0 Å². The number of hydrogen-bond acceptors (Lipinski definition) is 2. The van der Waals surface area contributed by atoms with Gasteiger partial charge in [0.25, 0.3) is 5.24 Å². The molecule has 0 unspecified atom stereocenters. The minimum Gasteiger partial charge on any atom is -0.305 e. The van der Waals surface area contributed by atoms with Crippen LogP contribution in [0.4, 0.5) is 10.5 Å². The van der Waals surface area contributed by atoms with Crippen LogP contribution in [0.25, 0.3) is 32.7 Å². The van der Waals surface area contributed by atoms with Gasteiger partial charge >= 0.3 is 0 Å². The van der Waals surface area contributed by atoms with Gasteiger partial charge in [-0.15, -0.1) is 0 Å². The van der Waals surface area contributed by atoms with Crippen molar-refractivity contribution in [3.8, 4) is 11.1 Å². The lowest BCUT2D eigenvalue weighted by atomic mass is 9.92. The molecule has 2 nitrogen and oxygen atoms in total. The number of rotatable bonds is 0. The summed E-state index contributed by atoms with van der Waals surface area (Å²) in [4.78, 5) is 15.5. The lowest BCUT2D eigenvalue weighted by molar-refractivity contribution is 0.266. The maximum absolute atomic E-state index is 12.7. The molecule has 1 heterocycles. The van der Waals surface area contributed by atoms with Crippen LogP contribution in [0, 0.1) is 0 Å². The number of benzene rings is 4. The largest absolute Gasteiger partial charge is 0.305 e. The third-order valence-electron chi connectivity index (χ3n) is 4.88. The highest BCUT2D eigenvalue weighted by atomic mass is 32.2. The Balaban J connectivity index is 2.03. The predicted molar refractivity (Wildman–Crippen MR) is 107 cm³/mol. The fourth-order valence-electron chi connectivity index (χ4n) is 3.66. The Morgan fingerprint density at radius 1 is 0.720 bits per heavy atom. The van der Waals surface area contributed by atoms with E-state index in [9.17, 15) is 4.79 Å². The summed E-state index contributed by atoms with van der Waals surface area (Å²) in [6.07, 6.45) is 0. The number of amides is 1. The van der Waals surface area contributed by atoms with Gasteiger partial charge in [0.05, 0.1) is 5.69 Å². The lowest BCUT2D eigenvalue weighted by Gasteiger charge is -2.19. The summed E-state index contributed by atoms with van der Waals surface area (Å²) in [7, 11) is 1.86. The van der Waals surface area contributed by atoms with Crippen LogP contribution >= 0.6 is 11.8 Å². The van der Waals surface area contributed by atoms with Crippen molar-refractivity contribution in [2.45, 2.75) is 4.90 Å². The Morgan fingerprint density at radius 2 is 1.32 bits per heavy atom. The molecule has 1 aliphatic heterocycles. The van der Waals surface area contributed by atoms with E-state index in [1.165, 1.54) is 33.3 Å². The van der Waals surface area contributed by atoms with Crippen molar-refractivity contribution in [2.24, 2.45) is 0 Å². The highest BCUT2D eigenvalue weighted by Gasteiger charge is 2.26. The first-order valence-electron chi connectivity index (χ1n) is 8.23. The number of anilines is 1. The summed E-state index contributed by atoms with van der Waals surface area (Å²) >= 11 is 1.31. The van der Waals surface area contributed by atoms with Gasteiger partial charge in [-0.1, -0.05) is 60.7 Å². The summed E-state index contributed by atoms with van der Waals surface area (Å²) in [6, 6.07) is 25.1. The molecule has 5 rings (SSSR count). The SMILES string of the molecule is CN1C(=O)Sc2ccc3ccccc3c2-c2c1ccc1ccccc21. The van der Waals surface area contributed by atoms with Crippen LogP contribution in [0.15, 0.2) is 77.7 Å².